The third-order valence-corrected chi connectivity index (χ3v) is 6.28. The van der Waals surface area contributed by atoms with Gasteiger partial charge in [-0.1, -0.05) is 36.7 Å². The quantitative estimate of drug-likeness (QED) is 0.393. The Labute approximate surface area is 190 Å². The Kier molecular flexibility index (Phi) is 5.75. The lowest BCUT2D eigenvalue weighted by Crippen LogP contribution is -2.29. The van der Waals surface area contributed by atoms with Crippen molar-refractivity contribution in [1.29, 1.82) is 0 Å². The summed E-state index contributed by atoms with van der Waals surface area (Å²) in [7, 11) is 0. The van der Waals surface area contributed by atoms with Crippen molar-refractivity contribution >= 4 is 38.6 Å². The van der Waals surface area contributed by atoms with Gasteiger partial charge in [-0.3, -0.25) is 0 Å². The molecule has 7 heteroatoms. The smallest absolute Gasteiger partial charge is 0.394 e. The molecule has 0 amide bonds. The first kappa shape index (κ1) is 22.1. The molecule has 2 aromatic carbocycles. The summed E-state index contributed by atoms with van der Waals surface area (Å²) in [4.78, 5) is 4.87. The molecule has 1 fully saturated rings. The lowest BCUT2D eigenvalue weighted by atomic mass is 9.70. The van der Waals surface area contributed by atoms with Gasteiger partial charge < -0.3 is 14.6 Å². The Bertz CT molecular complexity index is 1070. The zero-order chi connectivity index (χ0) is 22.4. The highest BCUT2D eigenvalue weighted by atomic mass is 79.9. The number of hydrogen-bond donors (Lipinski definition) is 1. The van der Waals surface area contributed by atoms with Crippen molar-refractivity contribution in [2.45, 2.75) is 59.1 Å². The van der Waals surface area contributed by atoms with Crippen molar-refractivity contribution in [1.82, 2.24) is 9.55 Å². The van der Waals surface area contributed by atoms with E-state index in [4.69, 9.17) is 4.98 Å². The number of fused-ring (bicyclic) bond motifs is 1. The predicted molar refractivity (Wildman–Crippen MR) is 124 cm³/mol. The van der Waals surface area contributed by atoms with Gasteiger partial charge in [-0.15, -0.1) is 0 Å². The fourth-order valence-electron chi connectivity index (χ4n) is 4.96. The SMILES string of the molecule is C[C@H]1CC(n2c(Nc3ccc(OC(C)(F)F)cc3)nc3cc(Br)ccc32)CC(C)(C)C1. The van der Waals surface area contributed by atoms with E-state index in [-0.39, 0.29) is 11.2 Å². The fraction of sp³-hybridized carbons (Fsp3) is 0.458. The largest absolute Gasteiger partial charge is 0.433 e. The topological polar surface area (TPSA) is 39.1 Å². The van der Waals surface area contributed by atoms with Gasteiger partial charge in [-0.2, -0.15) is 8.78 Å². The van der Waals surface area contributed by atoms with Crippen LogP contribution in [-0.4, -0.2) is 15.7 Å². The molecule has 1 saturated carbocycles. The van der Waals surface area contributed by atoms with E-state index in [0.29, 0.717) is 12.0 Å². The van der Waals surface area contributed by atoms with E-state index >= 15 is 0 Å². The number of imidazole rings is 1. The standard InChI is InChI=1S/C24H28BrF2N3O/c1-15-11-18(14-23(2,3)13-15)30-21-10-5-16(25)12-20(21)29-22(30)28-17-6-8-19(9-7-17)31-24(4,26)27/h5-10,12,15,18H,11,13-14H2,1-4H3,(H,28,29)/t15-,18?/m0/s1. The molecule has 31 heavy (non-hydrogen) atoms. The number of halogens is 3. The van der Waals surface area contributed by atoms with Crippen molar-refractivity contribution in [2.24, 2.45) is 11.3 Å². The molecule has 1 N–H and O–H groups in total. The first-order valence-electron chi connectivity index (χ1n) is 10.6. The number of alkyl halides is 2. The van der Waals surface area contributed by atoms with Crippen LogP contribution >= 0.6 is 15.9 Å². The highest BCUT2D eigenvalue weighted by molar-refractivity contribution is 9.10. The fourth-order valence-corrected chi connectivity index (χ4v) is 5.31. The van der Waals surface area contributed by atoms with Crippen LogP contribution in [0.3, 0.4) is 0 Å². The second-order valence-corrected chi connectivity index (χ2v) is 10.5. The van der Waals surface area contributed by atoms with Crippen LogP contribution in [0.4, 0.5) is 20.4 Å². The van der Waals surface area contributed by atoms with Crippen LogP contribution in [0.1, 0.15) is 53.0 Å². The van der Waals surface area contributed by atoms with Crippen LogP contribution in [0.25, 0.3) is 11.0 Å². The second kappa shape index (κ2) is 8.08. The molecule has 0 saturated heterocycles. The summed E-state index contributed by atoms with van der Waals surface area (Å²) in [6, 6.07) is 13.0. The number of nitrogens with one attached hydrogen (secondary N) is 1. The summed E-state index contributed by atoms with van der Waals surface area (Å²) in [5, 5.41) is 3.40. The molecule has 4 rings (SSSR count). The summed E-state index contributed by atoms with van der Waals surface area (Å²) < 4.78 is 34.1. The summed E-state index contributed by atoms with van der Waals surface area (Å²) >= 11 is 3.54. The Balaban J connectivity index is 1.70. The van der Waals surface area contributed by atoms with Gasteiger partial charge >= 0.3 is 6.11 Å². The monoisotopic (exact) mass is 491 g/mol. The van der Waals surface area contributed by atoms with Gasteiger partial charge in [-0.05, 0) is 73.1 Å². The molecule has 166 valence electrons. The first-order chi connectivity index (χ1) is 14.5. The molecule has 1 aliphatic carbocycles. The predicted octanol–water partition coefficient (Wildman–Crippen LogP) is 7.92. The van der Waals surface area contributed by atoms with Crippen LogP contribution in [0.2, 0.25) is 0 Å². The summed E-state index contributed by atoms with van der Waals surface area (Å²) in [5.74, 6) is 1.51. The highest BCUT2D eigenvalue weighted by Gasteiger charge is 2.34. The third-order valence-electron chi connectivity index (χ3n) is 5.79. The van der Waals surface area contributed by atoms with Gasteiger partial charge in [0.25, 0.3) is 0 Å². The number of hydrogen-bond acceptors (Lipinski definition) is 3. The normalized spacial score (nSPS) is 21.3. The second-order valence-electron chi connectivity index (χ2n) is 9.56. The van der Waals surface area contributed by atoms with Gasteiger partial charge in [0.15, 0.2) is 0 Å². The zero-order valence-electron chi connectivity index (χ0n) is 18.3. The van der Waals surface area contributed by atoms with E-state index < -0.39 is 6.11 Å². The average molecular weight is 492 g/mol. The highest BCUT2D eigenvalue weighted by Crippen LogP contribution is 2.46. The molecule has 1 heterocycles. The zero-order valence-corrected chi connectivity index (χ0v) is 19.8. The molecule has 2 atom stereocenters. The Morgan fingerprint density at radius 3 is 2.52 bits per heavy atom. The molecule has 0 radical (unpaired) electrons. The molecule has 0 aliphatic heterocycles. The summed E-state index contributed by atoms with van der Waals surface area (Å²) in [6.07, 6.45) is 0.179. The van der Waals surface area contributed by atoms with Crippen LogP contribution in [0.5, 0.6) is 5.75 Å². The number of benzene rings is 2. The molecule has 0 spiro atoms. The van der Waals surface area contributed by atoms with Gasteiger partial charge in [0, 0.05) is 23.1 Å². The molecule has 0 bridgehead atoms. The van der Waals surface area contributed by atoms with E-state index in [9.17, 15) is 8.78 Å². The van der Waals surface area contributed by atoms with Gasteiger partial charge in [0.05, 0.1) is 11.0 Å². The Morgan fingerprint density at radius 2 is 1.87 bits per heavy atom. The number of anilines is 2. The molecule has 1 aliphatic rings. The Morgan fingerprint density at radius 1 is 1.16 bits per heavy atom. The number of aromatic nitrogens is 2. The molecule has 4 nitrogen and oxygen atoms in total. The van der Waals surface area contributed by atoms with E-state index in [1.807, 2.05) is 12.1 Å². The third kappa shape index (κ3) is 5.20. The van der Waals surface area contributed by atoms with E-state index in [1.165, 1.54) is 18.6 Å². The van der Waals surface area contributed by atoms with Crippen LogP contribution in [0, 0.1) is 11.3 Å². The number of ether oxygens (including phenoxy) is 1. The van der Waals surface area contributed by atoms with Crippen LogP contribution < -0.4 is 10.1 Å². The Hall–Kier alpha value is -2.15. The van der Waals surface area contributed by atoms with E-state index in [0.717, 1.165) is 46.9 Å². The van der Waals surface area contributed by atoms with Crippen LogP contribution in [-0.2, 0) is 0 Å². The minimum absolute atomic E-state index is 0.123. The molecular formula is C24H28BrF2N3O. The number of nitrogens with zero attached hydrogens (tertiary/aromatic N) is 2. The minimum Gasteiger partial charge on any atom is -0.433 e. The maximum Gasteiger partial charge on any atom is 0.394 e. The summed E-state index contributed by atoms with van der Waals surface area (Å²) in [6.45, 7) is 7.71. The maximum atomic E-state index is 13.1. The molecule has 1 unspecified atom stereocenters. The van der Waals surface area contributed by atoms with Crippen molar-refractivity contribution in [3.05, 3.63) is 46.9 Å². The average Bonchev–Trinajstić information content (AvgIpc) is 2.97. The number of rotatable bonds is 5. The lowest BCUT2D eigenvalue weighted by Gasteiger charge is -2.40. The van der Waals surface area contributed by atoms with Gasteiger partial charge in [0.1, 0.15) is 5.75 Å². The first-order valence-corrected chi connectivity index (χ1v) is 11.4. The van der Waals surface area contributed by atoms with E-state index in [2.05, 4.69) is 57.4 Å². The van der Waals surface area contributed by atoms with Gasteiger partial charge in [-0.25, -0.2) is 4.98 Å². The van der Waals surface area contributed by atoms with Crippen molar-refractivity contribution in [3.8, 4) is 5.75 Å². The van der Waals surface area contributed by atoms with Crippen LogP contribution in [0.15, 0.2) is 46.9 Å². The van der Waals surface area contributed by atoms with Crippen molar-refractivity contribution in [3.63, 3.8) is 0 Å². The lowest BCUT2D eigenvalue weighted by molar-refractivity contribution is -0.158. The minimum atomic E-state index is -3.21. The summed E-state index contributed by atoms with van der Waals surface area (Å²) in [5.41, 5.74) is 3.03. The molecular weight excluding hydrogens is 464 g/mol. The van der Waals surface area contributed by atoms with Gasteiger partial charge in [0.2, 0.25) is 5.95 Å². The van der Waals surface area contributed by atoms with E-state index in [1.54, 1.807) is 12.1 Å². The maximum absolute atomic E-state index is 13.1. The molecule has 3 aromatic rings. The van der Waals surface area contributed by atoms with Crippen molar-refractivity contribution in [2.75, 3.05) is 5.32 Å². The van der Waals surface area contributed by atoms with Crippen molar-refractivity contribution < 1.29 is 13.5 Å². The molecule has 1 aromatic heterocycles.